The normalized spacial score (nSPS) is 23.1. The van der Waals surface area contributed by atoms with Gasteiger partial charge in [0.25, 0.3) is 0 Å². The Hall–Kier alpha value is -1.18. The summed E-state index contributed by atoms with van der Waals surface area (Å²) in [6.45, 7) is 0.0909. The number of nitrogens with two attached hydrogens (primary N) is 1. The summed E-state index contributed by atoms with van der Waals surface area (Å²) in [7, 11) is -3.88. The van der Waals surface area contributed by atoms with E-state index in [1.54, 1.807) is 0 Å². The second-order valence-electron chi connectivity index (χ2n) is 5.34. The van der Waals surface area contributed by atoms with Crippen molar-refractivity contribution in [3.8, 4) is 0 Å². The summed E-state index contributed by atoms with van der Waals surface area (Å²) in [5, 5.41) is 10.1. The molecule has 1 aromatic carbocycles. The molecule has 19 heavy (non-hydrogen) atoms. The van der Waals surface area contributed by atoms with Crippen LogP contribution in [0.3, 0.4) is 0 Å². The summed E-state index contributed by atoms with van der Waals surface area (Å²) >= 11 is 0. The molecule has 0 atom stereocenters. The first kappa shape index (κ1) is 12.8. The van der Waals surface area contributed by atoms with Gasteiger partial charge in [-0.05, 0) is 37.0 Å². The van der Waals surface area contributed by atoms with E-state index in [9.17, 15) is 17.9 Å². The van der Waals surface area contributed by atoms with Crippen molar-refractivity contribution in [3.05, 3.63) is 24.0 Å². The largest absolute Gasteiger partial charge is 0.399 e. The van der Waals surface area contributed by atoms with Crippen LogP contribution in [-0.4, -0.2) is 36.5 Å². The number of nitrogen functional groups attached to an aromatic ring is 1. The van der Waals surface area contributed by atoms with E-state index in [2.05, 4.69) is 0 Å². The Labute approximate surface area is 110 Å². The molecule has 2 fully saturated rings. The number of β-amino-alcohol motifs (C(OH)–C–C–N with tert-alkyl or cyclic N) is 1. The molecular formula is C12H15FN2O3S. The van der Waals surface area contributed by atoms with Crippen LogP contribution in [0.15, 0.2) is 23.1 Å². The molecule has 2 aliphatic rings. The highest BCUT2D eigenvalue weighted by Crippen LogP contribution is 2.46. The molecule has 5 nitrogen and oxygen atoms in total. The van der Waals surface area contributed by atoms with Gasteiger partial charge in [-0.3, -0.25) is 0 Å². The molecule has 1 aromatic rings. The Morgan fingerprint density at radius 1 is 1.37 bits per heavy atom. The molecule has 1 aliphatic heterocycles. The summed E-state index contributed by atoms with van der Waals surface area (Å²) in [5.74, 6) is -0.669. The van der Waals surface area contributed by atoms with Gasteiger partial charge in [0.05, 0.1) is 5.60 Å². The lowest BCUT2D eigenvalue weighted by Gasteiger charge is -2.45. The predicted octanol–water partition coefficient (Wildman–Crippen LogP) is 0.553. The van der Waals surface area contributed by atoms with Crippen molar-refractivity contribution in [1.29, 1.82) is 0 Å². The predicted molar refractivity (Wildman–Crippen MR) is 67.2 cm³/mol. The Bertz CT molecular complexity index is 622. The van der Waals surface area contributed by atoms with E-state index in [4.69, 9.17) is 5.73 Å². The molecule has 0 aromatic heterocycles. The van der Waals surface area contributed by atoms with Crippen LogP contribution in [0.4, 0.5) is 10.1 Å². The van der Waals surface area contributed by atoms with Gasteiger partial charge in [-0.1, -0.05) is 0 Å². The van der Waals surface area contributed by atoms with Crippen molar-refractivity contribution in [3.63, 3.8) is 0 Å². The second-order valence-corrected chi connectivity index (χ2v) is 7.25. The molecule has 0 amide bonds. The fourth-order valence-corrected chi connectivity index (χ4v) is 4.09. The quantitative estimate of drug-likeness (QED) is 0.795. The van der Waals surface area contributed by atoms with Crippen LogP contribution in [0.2, 0.25) is 0 Å². The van der Waals surface area contributed by atoms with E-state index in [0.29, 0.717) is 0 Å². The van der Waals surface area contributed by atoms with Crippen molar-refractivity contribution < 1.29 is 17.9 Å². The van der Waals surface area contributed by atoms with Gasteiger partial charge in [-0.15, -0.1) is 0 Å². The summed E-state index contributed by atoms with van der Waals surface area (Å²) in [6.07, 6.45) is 1.86. The number of sulfonamides is 1. The van der Waals surface area contributed by atoms with E-state index >= 15 is 0 Å². The smallest absolute Gasteiger partial charge is 0.246 e. The summed E-state index contributed by atoms with van der Waals surface area (Å²) in [4.78, 5) is -0.389. The molecule has 1 saturated heterocycles. The van der Waals surface area contributed by atoms with Crippen LogP contribution in [0.5, 0.6) is 0 Å². The Morgan fingerprint density at radius 2 is 2.00 bits per heavy atom. The zero-order valence-corrected chi connectivity index (χ0v) is 11.0. The van der Waals surface area contributed by atoms with Gasteiger partial charge in [0.2, 0.25) is 10.0 Å². The van der Waals surface area contributed by atoms with Gasteiger partial charge < -0.3 is 10.8 Å². The first-order chi connectivity index (χ1) is 8.83. The molecule has 3 rings (SSSR count). The molecule has 0 unspecified atom stereocenters. The molecule has 0 bridgehead atoms. The van der Waals surface area contributed by atoms with Crippen LogP contribution in [-0.2, 0) is 10.0 Å². The van der Waals surface area contributed by atoms with Gasteiger partial charge in [0.15, 0.2) is 0 Å². The lowest BCUT2D eigenvalue weighted by atomic mass is 9.91. The molecule has 7 heteroatoms. The lowest BCUT2D eigenvalue weighted by Crippen LogP contribution is -2.64. The highest BCUT2D eigenvalue weighted by atomic mass is 32.2. The first-order valence-corrected chi connectivity index (χ1v) is 7.54. The van der Waals surface area contributed by atoms with E-state index in [0.717, 1.165) is 29.3 Å². The second kappa shape index (κ2) is 3.91. The van der Waals surface area contributed by atoms with E-state index in [1.165, 1.54) is 6.07 Å². The maximum absolute atomic E-state index is 13.7. The number of anilines is 1. The average Bonchev–Trinajstić information content (AvgIpc) is 3.07. The molecule has 1 saturated carbocycles. The molecule has 0 spiro atoms. The van der Waals surface area contributed by atoms with Crippen molar-refractivity contribution in [2.75, 3.05) is 18.8 Å². The number of rotatable bonds is 3. The van der Waals surface area contributed by atoms with Gasteiger partial charge in [-0.2, -0.15) is 4.31 Å². The van der Waals surface area contributed by atoms with Crippen molar-refractivity contribution >= 4 is 15.7 Å². The molecule has 3 N–H and O–H groups in total. The molecule has 0 radical (unpaired) electrons. The van der Waals surface area contributed by atoms with Crippen molar-refractivity contribution in [2.45, 2.75) is 23.3 Å². The fraction of sp³-hybridized carbons (Fsp3) is 0.500. The lowest BCUT2D eigenvalue weighted by molar-refractivity contribution is -0.0765. The fourth-order valence-electron chi connectivity index (χ4n) is 2.48. The number of hydrogen-bond acceptors (Lipinski definition) is 4. The van der Waals surface area contributed by atoms with Crippen molar-refractivity contribution in [2.24, 2.45) is 5.92 Å². The summed E-state index contributed by atoms with van der Waals surface area (Å²) < 4.78 is 39.2. The van der Waals surface area contributed by atoms with E-state index in [-0.39, 0.29) is 29.6 Å². The number of benzene rings is 1. The Morgan fingerprint density at radius 3 is 2.53 bits per heavy atom. The molecule has 1 heterocycles. The van der Waals surface area contributed by atoms with Crippen LogP contribution < -0.4 is 5.73 Å². The third-order valence-electron chi connectivity index (χ3n) is 3.81. The standard InChI is InChI=1S/C12H15FN2O3S/c13-10-5-9(14)3-4-11(10)19(17,18)15-6-12(16,7-15)8-1-2-8/h3-5,8,16H,1-2,6-7,14H2. The third-order valence-corrected chi connectivity index (χ3v) is 5.64. The third kappa shape index (κ3) is 2.01. The maximum Gasteiger partial charge on any atom is 0.246 e. The van der Waals surface area contributed by atoms with Crippen LogP contribution in [0.1, 0.15) is 12.8 Å². The van der Waals surface area contributed by atoms with Crippen LogP contribution >= 0.6 is 0 Å². The summed E-state index contributed by atoms with van der Waals surface area (Å²) in [6, 6.07) is 3.50. The van der Waals surface area contributed by atoms with Gasteiger partial charge in [0.1, 0.15) is 10.7 Å². The first-order valence-electron chi connectivity index (χ1n) is 6.10. The van der Waals surface area contributed by atoms with E-state index in [1.807, 2.05) is 0 Å². The average molecular weight is 286 g/mol. The Kier molecular flexibility index (Phi) is 2.64. The highest BCUT2D eigenvalue weighted by Gasteiger charge is 2.55. The van der Waals surface area contributed by atoms with Gasteiger partial charge >= 0.3 is 0 Å². The zero-order chi connectivity index (χ0) is 13.8. The number of aliphatic hydroxyl groups is 1. The number of halogens is 1. The molecular weight excluding hydrogens is 271 g/mol. The molecule has 1 aliphatic carbocycles. The topological polar surface area (TPSA) is 83.6 Å². The van der Waals surface area contributed by atoms with Crippen molar-refractivity contribution in [1.82, 2.24) is 4.31 Å². The minimum atomic E-state index is -3.88. The van der Waals surface area contributed by atoms with E-state index < -0.39 is 21.4 Å². The Balaban J connectivity index is 1.84. The number of hydrogen-bond donors (Lipinski definition) is 2. The SMILES string of the molecule is Nc1ccc(S(=O)(=O)N2CC(O)(C3CC3)C2)c(F)c1. The number of nitrogens with zero attached hydrogens (tertiary/aromatic N) is 1. The summed E-state index contributed by atoms with van der Waals surface area (Å²) in [5.41, 5.74) is 4.65. The van der Waals surface area contributed by atoms with Gasteiger partial charge in [0, 0.05) is 18.8 Å². The van der Waals surface area contributed by atoms with Crippen LogP contribution in [0, 0.1) is 11.7 Å². The van der Waals surface area contributed by atoms with Crippen LogP contribution in [0.25, 0.3) is 0 Å². The zero-order valence-electron chi connectivity index (χ0n) is 10.2. The molecule has 104 valence electrons. The maximum atomic E-state index is 13.7. The minimum absolute atomic E-state index is 0.0455. The highest BCUT2D eigenvalue weighted by molar-refractivity contribution is 7.89. The van der Waals surface area contributed by atoms with Gasteiger partial charge in [-0.25, -0.2) is 12.8 Å². The minimum Gasteiger partial charge on any atom is -0.399 e. The monoisotopic (exact) mass is 286 g/mol.